The number of Topliss-reactive ketones (excluding diaryl/α,β-unsaturated/α-hetero) is 2. The molecule has 8 nitrogen and oxygen atoms in total. The first-order valence-corrected chi connectivity index (χ1v) is 8.02. The summed E-state index contributed by atoms with van der Waals surface area (Å²) in [5, 5.41) is 21.5. The van der Waals surface area contributed by atoms with E-state index in [1.807, 2.05) is 0 Å². The summed E-state index contributed by atoms with van der Waals surface area (Å²) in [5.41, 5.74) is 5.98. The lowest BCUT2D eigenvalue weighted by atomic mass is 9.82. The van der Waals surface area contributed by atoms with Gasteiger partial charge in [-0.1, -0.05) is 6.92 Å². The molecule has 0 bridgehead atoms. The Morgan fingerprint density at radius 2 is 1.83 bits per heavy atom. The monoisotopic (exact) mass is 342 g/mol. The van der Waals surface area contributed by atoms with Gasteiger partial charge in [-0.05, 0) is 20.3 Å². The Morgan fingerprint density at radius 1 is 1.29 bits per heavy atom. The van der Waals surface area contributed by atoms with Crippen molar-refractivity contribution in [3.63, 3.8) is 0 Å². The van der Waals surface area contributed by atoms with Gasteiger partial charge in [0.2, 0.25) is 0 Å². The van der Waals surface area contributed by atoms with Gasteiger partial charge < -0.3 is 20.3 Å². The van der Waals surface area contributed by atoms with Crippen LogP contribution in [0.25, 0.3) is 0 Å². The van der Waals surface area contributed by atoms with Crippen molar-refractivity contribution in [2.75, 3.05) is 6.54 Å². The first kappa shape index (κ1) is 20.3. The predicted molar refractivity (Wildman–Crippen MR) is 85.5 cm³/mol. The van der Waals surface area contributed by atoms with Crippen molar-refractivity contribution in [1.82, 2.24) is 5.32 Å². The lowest BCUT2D eigenvalue weighted by Crippen LogP contribution is -2.41. The Bertz CT molecular complexity index is 507. The van der Waals surface area contributed by atoms with Gasteiger partial charge in [-0.3, -0.25) is 20.1 Å². The molecule has 8 heteroatoms. The van der Waals surface area contributed by atoms with Crippen molar-refractivity contribution >= 4 is 17.5 Å². The van der Waals surface area contributed by atoms with Crippen LogP contribution in [0.3, 0.4) is 0 Å². The molecule has 0 saturated heterocycles. The topological polar surface area (TPSA) is 139 Å². The standard InChI is InChI=1S/C16H26N2O6/c1-4-11(18-7-8(2)19)14-12(21)5-10(6-13(14)22)16(23)24-15(17)9(3)20/h8-10,15,18-20H,4-7,17H2,1-3H3. The second-order valence-corrected chi connectivity index (χ2v) is 6.03. The molecular weight excluding hydrogens is 316 g/mol. The molecule has 1 aliphatic carbocycles. The molecule has 0 aromatic rings. The molecule has 0 spiro atoms. The Kier molecular flexibility index (Phi) is 7.53. The van der Waals surface area contributed by atoms with E-state index in [0.717, 1.165) is 0 Å². The van der Waals surface area contributed by atoms with E-state index in [1.165, 1.54) is 6.92 Å². The second-order valence-electron chi connectivity index (χ2n) is 6.03. The molecule has 1 fully saturated rings. The highest BCUT2D eigenvalue weighted by atomic mass is 16.6. The fourth-order valence-corrected chi connectivity index (χ4v) is 2.37. The first-order valence-electron chi connectivity index (χ1n) is 8.02. The van der Waals surface area contributed by atoms with Crippen molar-refractivity contribution in [3.8, 4) is 0 Å². The van der Waals surface area contributed by atoms with E-state index >= 15 is 0 Å². The number of aliphatic hydroxyl groups is 2. The average Bonchev–Trinajstić information content (AvgIpc) is 2.49. The number of esters is 1. The van der Waals surface area contributed by atoms with Crippen molar-refractivity contribution in [2.24, 2.45) is 11.7 Å². The Morgan fingerprint density at radius 3 is 2.25 bits per heavy atom. The number of ether oxygens (including phenoxy) is 1. The molecule has 5 N–H and O–H groups in total. The highest BCUT2D eigenvalue weighted by Crippen LogP contribution is 2.26. The third-order valence-electron chi connectivity index (χ3n) is 3.75. The van der Waals surface area contributed by atoms with E-state index < -0.39 is 41.9 Å². The lowest BCUT2D eigenvalue weighted by Gasteiger charge is -2.25. The minimum atomic E-state index is -1.20. The maximum absolute atomic E-state index is 12.3. The summed E-state index contributed by atoms with van der Waals surface area (Å²) >= 11 is 0. The number of aliphatic hydroxyl groups excluding tert-OH is 2. The summed E-state index contributed by atoms with van der Waals surface area (Å²) in [6, 6.07) is 0. The smallest absolute Gasteiger partial charge is 0.311 e. The number of nitrogens with two attached hydrogens (primary N) is 1. The van der Waals surface area contributed by atoms with E-state index in [9.17, 15) is 24.6 Å². The number of rotatable bonds is 7. The van der Waals surface area contributed by atoms with Crippen LogP contribution in [0.15, 0.2) is 11.3 Å². The molecule has 3 atom stereocenters. The van der Waals surface area contributed by atoms with Crippen molar-refractivity contribution < 1.29 is 29.3 Å². The normalized spacial score (nSPS) is 21.9. The molecule has 136 valence electrons. The van der Waals surface area contributed by atoms with Gasteiger partial charge in [0.05, 0.1) is 17.6 Å². The minimum Gasteiger partial charge on any atom is -0.444 e. The molecular formula is C16H26N2O6. The number of hydrogen-bond donors (Lipinski definition) is 4. The summed E-state index contributed by atoms with van der Waals surface area (Å²) in [7, 11) is 0. The Labute approximate surface area is 141 Å². The average molecular weight is 342 g/mol. The van der Waals surface area contributed by atoms with Gasteiger partial charge in [0.15, 0.2) is 17.8 Å². The van der Waals surface area contributed by atoms with E-state index in [2.05, 4.69) is 5.32 Å². The van der Waals surface area contributed by atoms with Crippen LogP contribution in [-0.4, -0.2) is 52.7 Å². The van der Waals surface area contributed by atoms with Gasteiger partial charge in [0.1, 0.15) is 6.10 Å². The van der Waals surface area contributed by atoms with E-state index in [-0.39, 0.29) is 25.0 Å². The summed E-state index contributed by atoms with van der Waals surface area (Å²) in [4.78, 5) is 36.6. The van der Waals surface area contributed by atoms with Crippen molar-refractivity contribution in [3.05, 3.63) is 11.3 Å². The van der Waals surface area contributed by atoms with Gasteiger partial charge in [-0.2, -0.15) is 0 Å². The maximum atomic E-state index is 12.3. The third kappa shape index (κ3) is 5.40. The van der Waals surface area contributed by atoms with Crippen LogP contribution in [0, 0.1) is 5.92 Å². The van der Waals surface area contributed by atoms with Crippen LogP contribution in [-0.2, 0) is 19.1 Å². The van der Waals surface area contributed by atoms with E-state index in [0.29, 0.717) is 12.1 Å². The van der Waals surface area contributed by atoms with Crippen LogP contribution in [0.1, 0.15) is 40.0 Å². The lowest BCUT2D eigenvalue weighted by molar-refractivity contribution is -0.161. The van der Waals surface area contributed by atoms with Crippen LogP contribution < -0.4 is 11.1 Å². The fourth-order valence-electron chi connectivity index (χ4n) is 2.37. The largest absolute Gasteiger partial charge is 0.444 e. The van der Waals surface area contributed by atoms with Gasteiger partial charge in [0, 0.05) is 25.1 Å². The quantitative estimate of drug-likeness (QED) is 0.208. The number of hydrogen-bond acceptors (Lipinski definition) is 8. The minimum absolute atomic E-state index is 0.0574. The Hall–Kier alpha value is -1.77. The van der Waals surface area contributed by atoms with Crippen molar-refractivity contribution in [2.45, 2.75) is 58.5 Å². The number of carbonyl (C=O) groups excluding carboxylic acids is 3. The number of allylic oxidation sites excluding steroid dienone is 2. The fraction of sp³-hybridized carbons (Fsp3) is 0.688. The zero-order chi connectivity index (χ0) is 18.4. The number of ketones is 2. The molecule has 1 rings (SSSR count). The summed E-state index contributed by atoms with van der Waals surface area (Å²) in [6.45, 7) is 4.98. The van der Waals surface area contributed by atoms with Crippen LogP contribution in [0.5, 0.6) is 0 Å². The van der Waals surface area contributed by atoms with Gasteiger partial charge in [-0.15, -0.1) is 0 Å². The summed E-state index contributed by atoms with van der Waals surface area (Å²) < 4.78 is 4.87. The first-order chi connectivity index (χ1) is 11.2. The highest BCUT2D eigenvalue weighted by Gasteiger charge is 2.37. The molecule has 0 amide bonds. The molecule has 0 radical (unpaired) electrons. The summed E-state index contributed by atoms with van der Waals surface area (Å²) in [6.07, 6.45) is -2.72. The molecule has 1 aliphatic rings. The molecule has 0 aliphatic heterocycles. The van der Waals surface area contributed by atoms with Gasteiger partial charge in [0.25, 0.3) is 0 Å². The second kappa shape index (κ2) is 8.91. The van der Waals surface area contributed by atoms with Crippen LogP contribution in [0.2, 0.25) is 0 Å². The Balaban J connectivity index is 2.84. The van der Waals surface area contributed by atoms with Crippen LogP contribution >= 0.6 is 0 Å². The predicted octanol–water partition coefficient (Wildman–Crippen LogP) is -0.622. The number of carbonyl (C=O) groups is 3. The van der Waals surface area contributed by atoms with Crippen LogP contribution in [0.4, 0.5) is 0 Å². The summed E-state index contributed by atoms with van der Waals surface area (Å²) in [5.74, 6) is -2.53. The zero-order valence-electron chi connectivity index (χ0n) is 14.2. The van der Waals surface area contributed by atoms with E-state index in [1.54, 1.807) is 13.8 Å². The van der Waals surface area contributed by atoms with Crippen molar-refractivity contribution in [1.29, 1.82) is 0 Å². The SMILES string of the molecule is CCC(NCC(C)O)=C1C(=O)CC(C(=O)OC(N)C(C)O)CC1=O. The molecule has 1 saturated carbocycles. The molecule has 3 unspecified atom stereocenters. The molecule has 0 aromatic carbocycles. The molecule has 24 heavy (non-hydrogen) atoms. The third-order valence-corrected chi connectivity index (χ3v) is 3.75. The van der Waals surface area contributed by atoms with E-state index in [4.69, 9.17) is 10.5 Å². The van der Waals surface area contributed by atoms with Gasteiger partial charge >= 0.3 is 5.97 Å². The molecule has 0 heterocycles. The molecule has 0 aromatic heterocycles. The zero-order valence-corrected chi connectivity index (χ0v) is 14.2. The maximum Gasteiger partial charge on any atom is 0.311 e. The highest BCUT2D eigenvalue weighted by molar-refractivity contribution is 6.23. The number of nitrogens with one attached hydrogen (secondary N) is 1. The van der Waals surface area contributed by atoms with Gasteiger partial charge in [-0.25, -0.2) is 0 Å².